The topological polar surface area (TPSA) is 80.5 Å². The van der Waals surface area contributed by atoms with E-state index in [4.69, 9.17) is 5.73 Å². The largest absolute Gasteiger partial charge is 0.365 e. The lowest BCUT2D eigenvalue weighted by Gasteiger charge is -2.21. The number of nitrogens with zero attached hydrogens (tertiary/aromatic N) is 1. The highest BCUT2D eigenvalue weighted by molar-refractivity contribution is 7.93. The second-order valence-corrected chi connectivity index (χ2v) is 8.78. The molecule has 1 amide bonds. The molecule has 0 bridgehead atoms. The maximum atomic E-state index is 13.7. The van der Waals surface area contributed by atoms with Crippen LogP contribution in [0.5, 0.6) is 0 Å². The minimum Gasteiger partial charge on any atom is -0.365 e. The first-order chi connectivity index (χ1) is 12.7. The molecule has 0 unspecified atom stereocenters. The molecule has 0 spiro atoms. The molecule has 0 aliphatic rings. The van der Waals surface area contributed by atoms with Gasteiger partial charge in [0.15, 0.2) is 0 Å². The summed E-state index contributed by atoms with van der Waals surface area (Å²) < 4.78 is 41.4. The molecule has 3 rings (SSSR count). The van der Waals surface area contributed by atoms with Gasteiger partial charge in [0.2, 0.25) is 0 Å². The van der Waals surface area contributed by atoms with Crippen molar-refractivity contribution in [2.24, 2.45) is 5.73 Å². The molecule has 1 aromatic heterocycles. The van der Waals surface area contributed by atoms with Crippen molar-refractivity contribution >= 4 is 33.0 Å². The maximum absolute atomic E-state index is 13.7. The van der Waals surface area contributed by atoms with Crippen LogP contribution in [-0.4, -0.2) is 21.4 Å². The number of anilines is 1. The van der Waals surface area contributed by atoms with Crippen LogP contribution < -0.4 is 10.0 Å². The minimum atomic E-state index is -4.11. The number of benzene rings is 2. The Kier molecular flexibility index (Phi) is 5.03. The number of carbonyl (C=O) groups excluding carboxylic acids is 1. The number of thiophene rings is 1. The quantitative estimate of drug-likeness (QED) is 0.703. The standard InChI is InChI=1S/C19H17FN2O3S2/c1-12-6-8-15(9-7-12)22(2)27(24,25)18-16(11-26-17(18)19(21)23)13-4-3-5-14(20)10-13/h3-11H,1-2H3,(H2,21,23). The number of hydrogen-bond acceptors (Lipinski definition) is 4. The van der Waals surface area contributed by atoms with Crippen molar-refractivity contribution in [3.63, 3.8) is 0 Å². The molecular weight excluding hydrogens is 387 g/mol. The SMILES string of the molecule is Cc1ccc(N(C)S(=O)(=O)c2c(-c3cccc(F)c3)csc2C(N)=O)cc1. The van der Waals surface area contributed by atoms with Crippen molar-refractivity contribution in [2.45, 2.75) is 11.8 Å². The third kappa shape index (κ3) is 3.58. The van der Waals surface area contributed by atoms with Crippen LogP contribution in [-0.2, 0) is 10.0 Å². The molecular formula is C19H17FN2O3S2. The van der Waals surface area contributed by atoms with Crippen LogP contribution in [0, 0.1) is 12.7 Å². The van der Waals surface area contributed by atoms with Crippen molar-refractivity contribution in [1.29, 1.82) is 0 Å². The zero-order valence-corrected chi connectivity index (χ0v) is 16.3. The molecule has 0 aliphatic carbocycles. The zero-order chi connectivity index (χ0) is 19.8. The average molecular weight is 404 g/mol. The highest BCUT2D eigenvalue weighted by atomic mass is 32.2. The zero-order valence-electron chi connectivity index (χ0n) is 14.6. The molecule has 2 aromatic carbocycles. The van der Waals surface area contributed by atoms with E-state index in [-0.39, 0.29) is 15.3 Å². The van der Waals surface area contributed by atoms with Gasteiger partial charge in [0.1, 0.15) is 15.6 Å². The highest BCUT2D eigenvalue weighted by Gasteiger charge is 2.32. The van der Waals surface area contributed by atoms with Gasteiger partial charge >= 0.3 is 0 Å². The number of rotatable bonds is 5. The van der Waals surface area contributed by atoms with E-state index >= 15 is 0 Å². The Morgan fingerprint density at radius 1 is 1.15 bits per heavy atom. The summed E-state index contributed by atoms with van der Waals surface area (Å²) in [5, 5.41) is 1.50. The van der Waals surface area contributed by atoms with Gasteiger partial charge in [-0.05, 0) is 36.8 Å². The van der Waals surface area contributed by atoms with Gasteiger partial charge in [-0.2, -0.15) is 0 Å². The Hall–Kier alpha value is -2.71. The van der Waals surface area contributed by atoms with Crippen molar-refractivity contribution < 1.29 is 17.6 Å². The lowest BCUT2D eigenvalue weighted by Crippen LogP contribution is -2.28. The number of carbonyl (C=O) groups is 1. The molecule has 0 atom stereocenters. The Morgan fingerprint density at radius 2 is 1.81 bits per heavy atom. The van der Waals surface area contributed by atoms with Crippen LogP contribution in [0.25, 0.3) is 11.1 Å². The monoisotopic (exact) mass is 404 g/mol. The molecule has 2 N–H and O–H groups in total. The molecule has 0 radical (unpaired) electrons. The van der Waals surface area contributed by atoms with Gasteiger partial charge in [-0.25, -0.2) is 12.8 Å². The van der Waals surface area contributed by atoms with Gasteiger partial charge in [0, 0.05) is 18.0 Å². The first kappa shape index (κ1) is 19.1. The summed E-state index contributed by atoms with van der Waals surface area (Å²) in [6.45, 7) is 1.89. The molecule has 0 saturated heterocycles. The number of nitrogens with two attached hydrogens (primary N) is 1. The summed E-state index contributed by atoms with van der Waals surface area (Å²) in [7, 11) is -2.71. The Balaban J connectivity index is 2.20. The van der Waals surface area contributed by atoms with Crippen molar-refractivity contribution in [1.82, 2.24) is 0 Å². The minimum absolute atomic E-state index is 0.0896. The first-order valence-corrected chi connectivity index (χ1v) is 10.3. The van der Waals surface area contributed by atoms with Gasteiger partial charge in [-0.15, -0.1) is 11.3 Å². The summed E-state index contributed by atoms with van der Waals surface area (Å²) in [4.78, 5) is 11.6. The van der Waals surface area contributed by atoms with Crippen molar-refractivity contribution in [2.75, 3.05) is 11.4 Å². The number of hydrogen-bond donors (Lipinski definition) is 1. The van der Waals surface area contributed by atoms with Crippen LogP contribution in [0.1, 0.15) is 15.2 Å². The van der Waals surface area contributed by atoms with Crippen LogP contribution in [0.2, 0.25) is 0 Å². The van der Waals surface area contributed by atoms with E-state index in [0.717, 1.165) is 21.2 Å². The second kappa shape index (κ2) is 7.13. The summed E-state index contributed by atoms with van der Waals surface area (Å²) in [5.74, 6) is -1.35. The van der Waals surface area contributed by atoms with Crippen molar-refractivity contribution in [3.8, 4) is 11.1 Å². The number of amides is 1. The number of aryl methyl sites for hydroxylation is 1. The van der Waals surface area contributed by atoms with Crippen LogP contribution in [0.4, 0.5) is 10.1 Å². The third-order valence-corrected chi connectivity index (χ3v) is 7.12. The summed E-state index contributed by atoms with van der Waals surface area (Å²) >= 11 is 0.924. The van der Waals surface area contributed by atoms with Gasteiger partial charge < -0.3 is 5.73 Å². The van der Waals surface area contributed by atoms with Gasteiger partial charge in [0.25, 0.3) is 15.9 Å². The number of primary amides is 1. The van der Waals surface area contributed by atoms with Crippen LogP contribution in [0.3, 0.4) is 0 Å². The van der Waals surface area contributed by atoms with Crippen molar-refractivity contribution in [3.05, 3.63) is 70.2 Å². The van der Waals surface area contributed by atoms with E-state index in [0.29, 0.717) is 11.3 Å². The smallest absolute Gasteiger partial charge is 0.266 e. The van der Waals surface area contributed by atoms with Crippen LogP contribution in [0.15, 0.2) is 58.8 Å². The lowest BCUT2D eigenvalue weighted by molar-refractivity contribution is 0.100. The fraction of sp³-hybridized carbons (Fsp3) is 0.105. The summed E-state index contributed by atoms with van der Waals surface area (Å²) in [6, 6.07) is 12.5. The summed E-state index contributed by atoms with van der Waals surface area (Å²) in [6.07, 6.45) is 0. The molecule has 0 fully saturated rings. The molecule has 27 heavy (non-hydrogen) atoms. The fourth-order valence-corrected chi connectivity index (χ4v) is 5.48. The Bertz CT molecular complexity index is 1110. The molecule has 1 heterocycles. The molecule has 8 heteroatoms. The molecule has 5 nitrogen and oxygen atoms in total. The molecule has 140 valence electrons. The van der Waals surface area contributed by atoms with E-state index < -0.39 is 21.7 Å². The maximum Gasteiger partial charge on any atom is 0.266 e. The normalized spacial score (nSPS) is 11.4. The third-order valence-electron chi connectivity index (χ3n) is 4.12. The first-order valence-electron chi connectivity index (χ1n) is 7.94. The number of sulfonamides is 1. The predicted molar refractivity (Wildman–Crippen MR) is 105 cm³/mol. The van der Waals surface area contributed by atoms with Gasteiger partial charge in [-0.3, -0.25) is 9.10 Å². The lowest BCUT2D eigenvalue weighted by atomic mass is 10.1. The van der Waals surface area contributed by atoms with Gasteiger partial charge in [-0.1, -0.05) is 29.8 Å². The van der Waals surface area contributed by atoms with Crippen LogP contribution >= 0.6 is 11.3 Å². The summed E-state index contributed by atoms with van der Waals surface area (Å²) in [5.41, 5.74) is 7.43. The second-order valence-electron chi connectivity index (χ2n) is 5.99. The Labute approximate surface area is 160 Å². The average Bonchev–Trinajstić information content (AvgIpc) is 3.08. The van der Waals surface area contributed by atoms with E-state index in [9.17, 15) is 17.6 Å². The van der Waals surface area contributed by atoms with Gasteiger partial charge in [0.05, 0.1) is 5.69 Å². The number of halogens is 1. The molecule has 3 aromatic rings. The Morgan fingerprint density at radius 3 is 2.41 bits per heavy atom. The predicted octanol–water partition coefficient (Wildman–Crippen LogP) is 3.79. The molecule has 0 saturated carbocycles. The molecule has 0 aliphatic heterocycles. The van der Waals surface area contributed by atoms with E-state index in [2.05, 4.69) is 0 Å². The highest BCUT2D eigenvalue weighted by Crippen LogP contribution is 2.37. The van der Waals surface area contributed by atoms with E-state index in [1.807, 2.05) is 6.92 Å². The fourth-order valence-electron chi connectivity index (χ4n) is 2.66. The van der Waals surface area contributed by atoms with E-state index in [1.165, 1.54) is 30.6 Å². The van der Waals surface area contributed by atoms with E-state index in [1.54, 1.807) is 30.3 Å².